The SMILES string of the molecule is O=C1NC(=S)N(c2ccccc2F)C(=O)/C1=C/c1ccccc1OCc1ccc2ccccc2c1. The van der Waals surface area contributed by atoms with Crippen LogP contribution >= 0.6 is 12.2 Å². The maximum absolute atomic E-state index is 14.4. The first-order valence-corrected chi connectivity index (χ1v) is 11.3. The molecule has 4 aromatic rings. The number of hydrogen-bond acceptors (Lipinski definition) is 4. The lowest BCUT2D eigenvalue weighted by Crippen LogP contribution is -2.54. The Balaban J connectivity index is 1.43. The zero-order chi connectivity index (χ0) is 24.4. The highest BCUT2D eigenvalue weighted by Gasteiger charge is 2.35. The van der Waals surface area contributed by atoms with Gasteiger partial charge >= 0.3 is 0 Å². The van der Waals surface area contributed by atoms with Crippen molar-refractivity contribution in [2.75, 3.05) is 4.90 Å². The van der Waals surface area contributed by atoms with Gasteiger partial charge in [-0.15, -0.1) is 0 Å². The van der Waals surface area contributed by atoms with Crippen molar-refractivity contribution in [3.8, 4) is 5.75 Å². The molecule has 1 aliphatic heterocycles. The Morgan fingerprint density at radius 3 is 2.43 bits per heavy atom. The molecule has 0 aliphatic carbocycles. The molecule has 0 radical (unpaired) electrons. The van der Waals surface area contributed by atoms with Crippen LogP contribution in [0.25, 0.3) is 16.8 Å². The van der Waals surface area contributed by atoms with E-state index >= 15 is 0 Å². The van der Waals surface area contributed by atoms with E-state index in [0.717, 1.165) is 21.2 Å². The van der Waals surface area contributed by atoms with Gasteiger partial charge in [0.15, 0.2) is 5.11 Å². The largest absolute Gasteiger partial charge is 0.488 e. The van der Waals surface area contributed by atoms with E-state index in [1.807, 2.05) is 36.4 Å². The fraction of sp³-hybridized carbons (Fsp3) is 0.0357. The van der Waals surface area contributed by atoms with Crippen molar-refractivity contribution >= 4 is 51.7 Å². The monoisotopic (exact) mass is 482 g/mol. The van der Waals surface area contributed by atoms with Crippen molar-refractivity contribution in [3.63, 3.8) is 0 Å². The lowest BCUT2D eigenvalue weighted by molar-refractivity contribution is -0.122. The molecule has 1 saturated heterocycles. The van der Waals surface area contributed by atoms with E-state index < -0.39 is 17.6 Å². The van der Waals surface area contributed by atoms with Crippen LogP contribution in [0.2, 0.25) is 0 Å². The molecule has 0 bridgehead atoms. The first kappa shape index (κ1) is 22.4. The fourth-order valence-corrected chi connectivity index (χ4v) is 4.16. The summed E-state index contributed by atoms with van der Waals surface area (Å²) in [5.74, 6) is -1.50. The first-order chi connectivity index (χ1) is 17.0. The summed E-state index contributed by atoms with van der Waals surface area (Å²) >= 11 is 5.15. The van der Waals surface area contributed by atoms with Crippen molar-refractivity contribution < 1.29 is 18.7 Å². The Morgan fingerprint density at radius 1 is 0.886 bits per heavy atom. The van der Waals surface area contributed by atoms with Crippen LogP contribution in [0.3, 0.4) is 0 Å². The van der Waals surface area contributed by atoms with E-state index in [0.29, 0.717) is 17.9 Å². The summed E-state index contributed by atoms with van der Waals surface area (Å²) < 4.78 is 20.4. The third-order valence-electron chi connectivity index (χ3n) is 5.62. The number of para-hydroxylation sites is 2. The minimum atomic E-state index is -0.715. The van der Waals surface area contributed by atoms with Crippen LogP contribution in [0.5, 0.6) is 5.75 Å². The summed E-state index contributed by atoms with van der Waals surface area (Å²) in [7, 11) is 0. The molecule has 0 saturated carbocycles. The Kier molecular flexibility index (Phi) is 6.08. The van der Waals surface area contributed by atoms with Crippen LogP contribution < -0.4 is 15.0 Å². The Labute approximate surface area is 206 Å². The van der Waals surface area contributed by atoms with Gasteiger partial charge in [0.05, 0.1) is 5.69 Å². The highest BCUT2D eigenvalue weighted by Crippen LogP contribution is 2.27. The lowest BCUT2D eigenvalue weighted by Gasteiger charge is -2.29. The average molecular weight is 483 g/mol. The van der Waals surface area contributed by atoms with E-state index in [9.17, 15) is 14.0 Å². The summed E-state index contributed by atoms with van der Waals surface area (Å²) in [5, 5.41) is 4.54. The maximum Gasteiger partial charge on any atom is 0.270 e. The molecule has 1 heterocycles. The number of fused-ring (bicyclic) bond motifs is 1. The minimum Gasteiger partial charge on any atom is -0.488 e. The second-order valence-electron chi connectivity index (χ2n) is 7.92. The fourth-order valence-electron chi connectivity index (χ4n) is 3.89. The van der Waals surface area contributed by atoms with Crippen molar-refractivity contribution in [1.29, 1.82) is 0 Å². The predicted molar refractivity (Wildman–Crippen MR) is 137 cm³/mol. The van der Waals surface area contributed by atoms with Crippen LogP contribution in [0.1, 0.15) is 11.1 Å². The second-order valence-corrected chi connectivity index (χ2v) is 8.30. The summed E-state index contributed by atoms with van der Waals surface area (Å²) in [5.41, 5.74) is 1.31. The Bertz CT molecular complexity index is 1520. The number of anilines is 1. The number of carbonyl (C=O) groups is 2. The molecule has 4 aromatic carbocycles. The molecule has 7 heteroatoms. The third kappa shape index (κ3) is 4.54. The summed E-state index contributed by atoms with van der Waals surface area (Å²) in [6, 6.07) is 27.0. The third-order valence-corrected chi connectivity index (χ3v) is 5.91. The van der Waals surface area contributed by atoms with Crippen molar-refractivity contribution in [2.45, 2.75) is 6.61 Å². The highest BCUT2D eigenvalue weighted by molar-refractivity contribution is 7.80. The first-order valence-electron chi connectivity index (χ1n) is 10.9. The van der Waals surface area contributed by atoms with Crippen LogP contribution in [-0.2, 0) is 16.2 Å². The van der Waals surface area contributed by atoms with Gasteiger partial charge in [-0.25, -0.2) is 9.29 Å². The molecule has 0 aromatic heterocycles. The van der Waals surface area contributed by atoms with E-state index in [-0.39, 0.29) is 16.4 Å². The summed E-state index contributed by atoms with van der Waals surface area (Å²) in [4.78, 5) is 26.9. The molecule has 1 fully saturated rings. The van der Waals surface area contributed by atoms with Crippen LogP contribution in [0.15, 0.2) is 96.6 Å². The normalized spacial score (nSPS) is 14.9. The topological polar surface area (TPSA) is 58.6 Å². The molecule has 0 spiro atoms. The average Bonchev–Trinajstić information content (AvgIpc) is 2.87. The molecular weight excluding hydrogens is 463 g/mol. The van der Waals surface area contributed by atoms with Crippen LogP contribution in [0, 0.1) is 5.82 Å². The van der Waals surface area contributed by atoms with Crippen LogP contribution in [-0.4, -0.2) is 16.9 Å². The van der Waals surface area contributed by atoms with E-state index in [1.54, 1.807) is 30.3 Å². The van der Waals surface area contributed by atoms with E-state index in [1.165, 1.54) is 24.3 Å². The number of hydrogen-bond donors (Lipinski definition) is 1. The standard InChI is InChI=1S/C28H19FN2O3S/c29-23-10-4-5-11-24(23)31-27(33)22(26(32)30-28(31)35)16-21-9-3-6-12-25(21)34-17-18-13-14-19-7-1-2-8-20(19)15-18/h1-16H,17H2,(H,30,32,35)/b22-16+. The number of ether oxygens (including phenoxy) is 1. The van der Waals surface area contributed by atoms with Gasteiger partial charge in [0.25, 0.3) is 11.8 Å². The lowest BCUT2D eigenvalue weighted by atomic mass is 10.1. The van der Waals surface area contributed by atoms with Crippen molar-refractivity contribution in [3.05, 3.63) is 114 Å². The van der Waals surface area contributed by atoms with Gasteiger partial charge in [0, 0.05) is 5.56 Å². The van der Waals surface area contributed by atoms with Gasteiger partial charge in [-0.1, -0.05) is 66.7 Å². The summed E-state index contributed by atoms with van der Waals surface area (Å²) in [6.45, 7) is 0.302. The molecule has 0 atom stereocenters. The van der Waals surface area contributed by atoms with Gasteiger partial charge in [0.1, 0.15) is 23.7 Å². The number of halogens is 1. The molecule has 1 aliphatic rings. The number of benzene rings is 4. The number of amides is 2. The second kappa shape index (κ2) is 9.48. The molecule has 0 unspecified atom stereocenters. The van der Waals surface area contributed by atoms with E-state index in [4.69, 9.17) is 17.0 Å². The van der Waals surface area contributed by atoms with Crippen molar-refractivity contribution in [1.82, 2.24) is 5.32 Å². The van der Waals surface area contributed by atoms with Gasteiger partial charge in [-0.2, -0.15) is 0 Å². The Hall–Kier alpha value is -4.36. The number of rotatable bonds is 5. The maximum atomic E-state index is 14.4. The smallest absolute Gasteiger partial charge is 0.270 e. The molecule has 1 N–H and O–H groups in total. The zero-order valence-electron chi connectivity index (χ0n) is 18.4. The zero-order valence-corrected chi connectivity index (χ0v) is 19.2. The molecule has 2 amide bonds. The molecular formula is C28H19FN2O3S. The van der Waals surface area contributed by atoms with Gasteiger partial charge < -0.3 is 4.74 Å². The molecule has 172 valence electrons. The van der Waals surface area contributed by atoms with Crippen LogP contribution in [0.4, 0.5) is 10.1 Å². The highest BCUT2D eigenvalue weighted by atomic mass is 32.1. The Morgan fingerprint density at radius 2 is 1.60 bits per heavy atom. The van der Waals surface area contributed by atoms with Gasteiger partial charge in [-0.3, -0.25) is 14.9 Å². The molecule has 35 heavy (non-hydrogen) atoms. The number of thiocarbonyl (C=S) groups is 1. The number of nitrogens with zero attached hydrogens (tertiary/aromatic N) is 1. The van der Waals surface area contributed by atoms with E-state index in [2.05, 4.69) is 11.4 Å². The van der Waals surface area contributed by atoms with Gasteiger partial charge in [0.2, 0.25) is 0 Å². The number of carbonyl (C=O) groups excluding carboxylic acids is 2. The quantitative estimate of drug-likeness (QED) is 0.235. The minimum absolute atomic E-state index is 0.0331. The molecule has 5 nitrogen and oxygen atoms in total. The summed E-state index contributed by atoms with van der Waals surface area (Å²) in [6.07, 6.45) is 1.43. The van der Waals surface area contributed by atoms with Crippen molar-refractivity contribution in [2.24, 2.45) is 0 Å². The van der Waals surface area contributed by atoms with Gasteiger partial charge in [-0.05, 0) is 58.9 Å². The number of nitrogens with one attached hydrogen (secondary N) is 1. The predicted octanol–water partition coefficient (Wildman–Crippen LogP) is 5.39. The molecule has 5 rings (SSSR count).